The first kappa shape index (κ1) is 10.5. The molecule has 0 saturated heterocycles. The molecule has 4 heteroatoms. The van der Waals surface area contributed by atoms with Gasteiger partial charge in [-0.3, -0.25) is 0 Å². The van der Waals surface area contributed by atoms with Crippen LogP contribution in [0.5, 0.6) is 0 Å². The van der Waals surface area contributed by atoms with Crippen LogP contribution in [0.2, 0.25) is 0 Å². The van der Waals surface area contributed by atoms with Crippen molar-refractivity contribution in [2.24, 2.45) is 11.7 Å². The maximum absolute atomic E-state index is 5.76. The summed E-state index contributed by atoms with van der Waals surface area (Å²) in [5.41, 5.74) is 5.76. The number of nitrogens with two attached hydrogens (primary N) is 1. The second-order valence-corrected chi connectivity index (χ2v) is 6.50. The van der Waals surface area contributed by atoms with Crippen LogP contribution in [-0.4, -0.2) is 19.6 Å². The molecule has 14 heavy (non-hydrogen) atoms. The number of nitrogens with zero attached hydrogens (tertiary/aromatic N) is 1. The molecule has 2 rings (SSSR count). The van der Waals surface area contributed by atoms with Crippen LogP contribution in [0.1, 0.15) is 12.8 Å². The number of halogens is 1. The summed E-state index contributed by atoms with van der Waals surface area (Å²) in [6.07, 6.45) is 2.38. The third-order valence-corrected chi connectivity index (χ3v) is 4.48. The van der Waals surface area contributed by atoms with Gasteiger partial charge in [-0.1, -0.05) is 0 Å². The van der Waals surface area contributed by atoms with E-state index in [0.29, 0.717) is 6.04 Å². The average molecular weight is 275 g/mol. The van der Waals surface area contributed by atoms with Crippen LogP contribution in [0.3, 0.4) is 0 Å². The molecule has 0 amide bonds. The molecule has 0 unspecified atom stereocenters. The SMILES string of the molecule is CN(CC1CC(N)C1)c1ccc(Br)s1. The van der Waals surface area contributed by atoms with E-state index < -0.39 is 0 Å². The van der Waals surface area contributed by atoms with Gasteiger partial charge in [0.1, 0.15) is 0 Å². The van der Waals surface area contributed by atoms with Gasteiger partial charge in [0.05, 0.1) is 8.79 Å². The smallest absolute Gasteiger partial charge is 0.0917 e. The Morgan fingerprint density at radius 3 is 2.79 bits per heavy atom. The average Bonchev–Trinajstić information content (AvgIpc) is 2.49. The van der Waals surface area contributed by atoms with E-state index in [2.05, 4.69) is 40.0 Å². The Balaban J connectivity index is 1.86. The molecule has 2 N–H and O–H groups in total. The molecule has 0 spiro atoms. The number of anilines is 1. The van der Waals surface area contributed by atoms with Gasteiger partial charge < -0.3 is 10.6 Å². The molecular weight excluding hydrogens is 260 g/mol. The Labute approximate surface area is 97.2 Å². The molecule has 0 bridgehead atoms. The highest BCUT2D eigenvalue weighted by Gasteiger charge is 2.26. The van der Waals surface area contributed by atoms with E-state index in [4.69, 9.17) is 5.73 Å². The summed E-state index contributed by atoms with van der Waals surface area (Å²) in [6, 6.07) is 4.72. The lowest BCUT2D eigenvalue weighted by Gasteiger charge is -2.35. The summed E-state index contributed by atoms with van der Waals surface area (Å²) in [5.74, 6) is 0.802. The molecule has 1 aromatic rings. The second-order valence-electron chi connectivity index (χ2n) is 4.06. The van der Waals surface area contributed by atoms with Crippen molar-refractivity contribution in [2.45, 2.75) is 18.9 Å². The zero-order valence-corrected chi connectivity index (χ0v) is 10.6. The lowest BCUT2D eigenvalue weighted by molar-refractivity contribution is 0.271. The van der Waals surface area contributed by atoms with E-state index in [1.54, 1.807) is 11.3 Å². The molecule has 0 atom stereocenters. The summed E-state index contributed by atoms with van der Waals surface area (Å²) in [4.78, 5) is 2.33. The lowest BCUT2D eigenvalue weighted by Crippen LogP contribution is -2.41. The van der Waals surface area contributed by atoms with Crippen molar-refractivity contribution in [2.75, 3.05) is 18.5 Å². The minimum Gasteiger partial charge on any atom is -0.366 e. The molecule has 78 valence electrons. The first-order chi connectivity index (χ1) is 6.65. The molecule has 2 nitrogen and oxygen atoms in total. The highest BCUT2D eigenvalue weighted by Crippen LogP contribution is 2.32. The molecule has 0 radical (unpaired) electrons. The molecule has 1 aliphatic carbocycles. The molecule has 1 aromatic heterocycles. The minimum absolute atomic E-state index is 0.462. The molecule has 0 aromatic carbocycles. The van der Waals surface area contributed by atoms with E-state index in [1.165, 1.54) is 21.6 Å². The highest BCUT2D eigenvalue weighted by molar-refractivity contribution is 9.11. The van der Waals surface area contributed by atoms with Crippen molar-refractivity contribution >= 4 is 32.3 Å². The van der Waals surface area contributed by atoms with Crippen LogP contribution >= 0.6 is 27.3 Å². The van der Waals surface area contributed by atoms with Gasteiger partial charge in [-0.2, -0.15) is 0 Å². The molecule has 0 aliphatic heterocycles. The van der Waals surface area contributed by atoms with Crippen LogP contribution < -0.4 is 10.6 Å². The van der Waals surface area contributed by atoms with Crippen LogP contribution in [0.4, 0.5) is 5.00 Å². The quantitative estimate of drug-likeness (QED) is 0.919. The van der Waals surface area contributed by atoms with Crippen molar-refractivity contribution in [3.05, 3.63) is 15.9 Å². The van der Waals surface area contributed by atoms with Crippen LogP contribution in [0, 0.1) is 5.92 Å². The molecule has 1 aliphatic rings. The Morgan fingerprint density at radius 1 is 1.57 bits per heavy atom. The first-order valence-corrected chi connectivity index (χ1v) is 6.48. The predicted molar refractivity (Wildman–Crippen MR) is 66.0 cm³/mol. The normalized spacial score (nSPS) is 25.9. The molecule has 1 heterocycles. The van der Waals surface area contributed by atoms with Crippen molar-refractivity contribution in [3.8, 4) is 0 Å². The summed E-state index contributed by atoms with van der Waals surface area (Å²) in [6.45, 7) is 1.14. The largest absolute Gasteiger partial charge is 0.366 e. The second kappa shape index (κ2) is 4.21. The zero-order valence-electron chi connectivity index (χ0n) is 8.24. The van der Waals surface area contributed by atoms with Crippen molar-refractivity contribution in [1.29, 1.82) is 0 Å². The fraction of sp³-hybridized carbons (Fsp3) is 0.600. The van der Waals surface area contributed by atoms with Gasteiger partial charge in [0, 0.05) is 19.6 Å². The fourth-order valence-corrected chi connectivity index (χ4v) is 3.26. The van der Waals surface area contributed by atoms with Gasteiger partial charge in [0.2, 0.25) is 0 Å². The molecular formula is C10H15BrN2S. The number of thiophene rings is 1. The van der Waals surface area contributed by atoms with Gasteiger partial charge in [0.25, 0.3) is 0 Å². The van der Waals surface area contributed by atoms with Gasteiger partial charge in [-0.05, 0) is 46.8 Å². The van der Waals surface area contributed by atoms with Crippen LogP contribution in [0.15, 0.2) is 15.9 Å². The Bertz CT molecular complexity index is 307. The number of hydrogen-bond acceptors (Lipinski definition) is 3. The van der Waals surface area contributed by atoms with E-state index in [-0.39, 0.29) is 0 Å². The Kier molecular flexibility index (Phi) is 3.14. The summed E-state index contributed by atoms with van der Waals surface area (Å²) in [7, 11) is 2.15. The van der Waals surface area contributed by atoms with E-state index in [9.17, 15) is 0 Å². The molecule has 1 fully saturated rings. The topological polar surface area (TPSA) is 29.3 Å². The van der Waals surface area contributed by atoms with Crippen LogP contribution in [0.25, 0.3) is 0 Å². The lowest BCUT2D eigenvalue weighted by atomic mass is 9.81. The third kappa shape index (κ3) is 2.30. The van der Waals surface area contributed by atoms with Gasteiger partial charge >= 0.3 is 0 Å². The third-order valence-electron chi connectivity index (χ3n) is 2.74. The Hall–Kier alpha value is -0.0600. The monoisotopic (exact) mass is 274 g/mol. The van der Waals surface area contributed by atoms with Crippen LogP contribution in [-0.2, 0) is 0 Å². The number of rotatable bonds is 3. The summed E-state index contributed by atoms with van der Waals surface area (Å²) < 4.78 is 1.20. The standard InChI is InChI=1S/C10H15BrN2S/c1-13(6-7-4-8(12)5-7)10-3-2-9(11)14-10/h2-3,7-8H,4-6,12H2,1H3. The predicted octanol–water partition coefficient (Wildman–Crippen LogP) is 2.68. The van der Waals surface area contributed by atoms with E-state index >= 15 is 0 Å². The number of hydrogen-bond donors (Lipinski definition) is 1. The summed E-state index contributed by atoms with van der Waals surface area (Å²) >= 11 is 5.26. The molecule has 1 saturated carbocycles. The maximum Gasteiger partial charge on any atom is 0.0917 e. The minimum atomic E-state index is 0.462. The van der Waals surface area contributed by atoms with Crippen molar-refractivity contribution in [3.63, 3.8) is 0 Å². The van der Waals surface area contributed by atoms with Gasteiger partial charge in [0.15, 0.2) is 0 Å². The first-order valence-electron chi connectivity index (χ1n) is 4.87. The fourth-order valence-electron chi connectivity index (χ4n) is 1.92. The van der Waals surface area contributed by atoms with Crippen molar-refractivity contribution < 1.29 is 0 Å². The summed E-state index contributed by atoms with van der Waals surface area (Å²) in [5, 5.41) is 1.33. The highest BCUT2D eigenvalue weighted by atomic mass is 79.9. The van der Waals surface area contributed by atoms with E-state index in [1.807, 2.05) is 0 Å². The Morgan fingerprint density at radius 2 is 2.29 bits per heavy atom. The maximum atomic E-state index is 5.76. The van der Waals surface area contributed by atoms with E-state index in [0.717, 1.165) is 12.5 Å². The van der Waals surface area contributed by atoms with Gasteiger partial charge in [-0.15, -0.1) is 11.3 Å². The zero-order chi connectivity index (χ0) is 10.1. The van der Waals surface area contributed by atoms with Crippen molar-refractivity contribution in [1.82, 2.24) is 0 Å². The van der Waals surface area contributed by atoms with Gasteiger partial charge in [-0.25, -0.2) is 0 Å².